The number of furan rings is 1. The second-order valence-corrected chi connectivity index (χ2v) is 7.90. The van der Waals surface area contributed by atoms with Crippen LogP contribution in [0.15, 0.2) is 47.3 Å². The van der Waals surface area contributed by atoms with Gasteiger partial charge in [0, 0.05) is 38.3 Å². The minimum atomic E-state index is -0.146. The Labute approximate surface area is 166 Å². The maximum Gasteiger partial charge on any atom is 0.257 e. The van der Waals surface area contributed by atoms with Crippen LogP contribution in [0.1, 0.15) is 28.8 Å². The van der Waals surface area contributed by atoms with Gasteiger partial charge in [-0.05, 0) is 51.5 Å². The Balaban J connectivity index is 1.62. The van der Waals surface area contributed by atoms with Crippen LogP contribution in [0.4, 0.5) is 4.39 Å². The summed E-state index contributed by atoms with van der Waals surface area (Å²) in [6.07, 6.45) is 5.20. The predicted octanol–water partition coefficient (Wildman–Crippen LogP) is 3.33. The summed E-state index contributed by atoms with van der Waals surface area (Å²) in [4.78, 5) is 19.2. The summed E-state index contributed by atoms with van der Waals surface area (Å²) in [5.74, 6) is 0.257. The number of rotatable bonds is 8. The van der Waals surface area contributed by atoms with Crippen LogP contribution < -0.4 is 0 Å². The van der Waals surface area contributed by atoms with Crippen LogP contribution in [0.5, 0.6) is 0 Å². The topological polar surface area (TPSA) is 39.9 Å². The molecule has 2 heterocycles. The highest BCUT2D eigenvalue weighted by Crippen LogP contribution is 2.21. The zero-order chi connectivity index (χ0) is 19.9. The van der Waals surface area contributed by atoms with Gasteiger partial charge in [0.05, 0.1) is 11.8 Å². The highest BCUT2D eigenvalue weighted by atomic mass is 19.1. The molecular weight excluding hydrogens is 357 g/mol. The Morgan fingerprint density at radius 3 is 2.79 bits per heavy atom. The zero-order valence-corrected chi connectivity index (χ0v) is 16.8. The fraction of sp³-hybridized carbons (Fsp3) is 0.500. The largest absolute Gasteiger partial charge is 0.472 e. The molecule has 6 heteroatoms. The van der Waals surface area contributed by atoms with Crippen LogP contribution in [0.3, 0.4) is 0 Å². The molecule has 1 saturated heterocycles. The van der Waals surface area contributed by atoms with Crippen LogP contribution >= 0.6 is 0 Å². The number of piperidine rings is 1. The van der Waals surface area contributed by atoms with Gasteiger partial charge in [-0.15, -0.1) is 0 Å². The molecule has 0 radical (unpaired) electrons. The lowest BCUT2D eigenvalue weighted by Crippen LogP contribution is -2.44. The molecule has 5 nitrogen and oxygen atoms in total. The summed E-state index contributed by atoms with van der Waals surface area (Å²) in [6.45, 7) is 4.68. The monoisotopic (exact) mass is 387 g/mol. The molecule has 0 spiro atoms. The minimum absolute atomic E-state index is 0.0156. The van der Waals surface area contributed by atoms with Gasteiger partial charge in [-0.1, -0.05) is 18.2 Å². The normalized spacial score (nSPS) is 17.8. The van der Waals surface area contributed by atoms with E-state index in [0.717, 1.165) is 38.0 Å². The van der Waals surface area contributed by atoms with Gasteiger partial charge in [-0.3, -0.25) is 9.69 Å². The summed E-state index contributed by atoms with van der Waals surface area (Å²) >= 11 is 0. The molecule has 152 valence electrons. The fourth-order valence-electron chi connectivity index (χ4n) is 3.79. The first-order valence-electron chi connectivity index (χ1n) is 9.95. The molecular formula is C22H30FN3O2. The molecule has 0 aliphatic carbocycles. The quantitative estimate of drug-likeness (QED) is 0.697. The van der Waals surface area contributed by atoms with E-state index in [4.69, 9.17) is 4.42 Å². The van der Waals surface area contributed by atoms with Crippen molar-refractivity contribution in [2.75, 3.05) is 46.8 Å². The van der Waals surface area contributed by atoms with Crippen molar-refractivity contribution in [2.24, 2.45) is 5.92 Å². The molecule has 0 saturated carbocycles. The first kappa shape index (κ1) is 20.6. The number of hydrogen-bond acceptors (Lipinski definition) is 4. The van der Waals surface area contributed by atoms with Gasteiger partial charge in [0.2, 0.25) is 0 Å². The van der Waals surface area contributed by atoms with Crippen molar-refractivity contribution in [1.82, 2.24) is 14.7 Å². The Morgan fingerprint density at radius 2 is 2.07 bits per heavy atom. The first-order chi connectivity index (χ1) is 13.5. The maximum absolute atomic E-state index is 14.0. The van der Waals surface area contributed by atoms with Crippen molar-refractivity contribution in [3.05, 3.63) is 59.8 Å². The van der Waals surface area contributed by atoms with Crippen LogP contribution in [-0.2, 0) is 6.54 Å². The number of amides is 1. The highest BCUT2D eigenvalue weighted by molar-refractivity contribution is 5.93. The van der Waals surface area contributed by atoms with Gasteiger partial charge in [-0.25, -0.2) is 4.39 Å². The van der Waals surface area contributed by atoms with Crippen molar-refractivity contribution >= 4 is 5.91 Å². The summed E-state index contributed by atoms with van der Waals surface area (Å²) in [6, 6.07) is 8.69. The molecule has 1 fully saturated rings. The van der Waals surface area contributed by atoms with Crippen molar-refractivity contribution in [2.45, 2.75) is 19.4 Å². The van der Waals surface area contributed by atoms with E-state index >= 15 is 0 Å². The van der Waals surface area contributed by atoms with E-state index in [-0.39, 0.29) is 11.7 Å². The van der Waals surface area contributed by atoms with Crippen LogP contribution in [0.25, 0.3) is 0 Å². The van der Waals surface area contributed by atoms with Gasteiger partial charge in [-0.2, -0.15) is 0 Å². The molecule has 0 bridgehead atoms. The van der Waals surface area contributed by atoms with E-state index in [2.05, 4.69) is 9.80 Å². The second kappa shape index (κ2) is 9.85. The van der Waals surface area contributed by atoms with Crippen molar-refractivity contribution in [3.63, 3.8) is 0 Å². The summed E-state index contributed by atoms with van der Waals surface area (Å²) in [7, 11) is 4.02. The van der Waals surface area contributed by atoms with Gasteiger partial charge in [0.1, 0.15) is 12.1 Å². The standard InChI is InChI=1S/C22H30FN3O2/c1-24(2)11-12-26(22(27)20-9-13-28-17-20)15-18-6-5-10-25(14-18)16-19-7-3-4-8-21(19)23/h3-4,7-9,13,17-18H,5-6,10-12,14-16H2,1-2H3/t18-/m0/s1. The van der Waals surface area contributed by atoms with E-state index in [1.165, 1.54) is 18.6 Å². The maximum atomic E-state index is 14.0. The number of benzene rings is 1. The summed E-state index contributed by atoms with van der Waals surface area (Å²) in [5, 5.41) is 0. The van der Waals surface area contributed by atoms with Crippen LogP contribution in [-0.4, -0.2) is 67.4 Å². The number of likely N-dealkylation sites (N-methyl/N-ethyl adjacent to an activating group) is 1. The second-order valence-electron chi connectivity index (χ2n) is 7.90. The molecule has 1 atom stereocenters. The molecule has 2 aromatic rings. The molecule has 1 aliphatic heterocycles. The van der Waals surface area contributed by atoms with Gasteiger partial charge in [0.25, 0.3) is 5.91 Å². The molecule has 0 unspecified atom stereocenters. The van der Waals surface area contributed by atoms with Crippen molar-refractivity contribution < 1.29 is 13.6 Å². The van der Waals surface area contributed by atoms with E-state index in [1.54, 1.807) is 12.1 Å². The SMILES string of the molecule is CN(C)CCN(C[C@H]1CCCN(Cc2ccccc2F)C1)C(=O)c1ccoc1. The third-order valence-electron chi connectivity index (χ3n) is 5.31. The molecule has 1 aromatic carbocycles. The number of likely N-dealkylation sites (tertiary alicyclic amines) is 1. The van der Waals surface area contributed by atoms with Gasteiger partial charge in [0.15, 0.2) is 0 Å². The van der Waals surface area contributed by atoms with Crippen LogP contribution in [0.2, 0.25) is 0 Å². The van der Waals surface area contributed by atoms with E-state index in [0.29, 0.717) is 31.1 Å². The molecule has 1 aliphatic rings. The van der Waals surface area contributed by atoms with Gasteiger partial charge >= 0.3 is 0 Å². The van der Waals surface area contributed by atoms with E-state index in [9.17, 15) is 9.18 Å². The zero-order valence-electron chi connectivity index (χ0n) is 16.8. The molecule has 28 heavy (non-hydrogen) atoms. The Kier molecular flexibility index (Phi) is 7.23. The number of hydrogen-bond donors (Lipinski definition) is 0. The summed E-state index contributed by atoms with van der Waals surface area (Å²) in [5.41, 5.74) is 1.33. The minimum Gasteiger partial charge on any atom is -0.472 e. The highest BCUT2D eigenvalue weighted by Gasteiger charge is 2.25. The fourth-order valence-corrected chi connectivity index (χ4v) is 3.79. The number of nitrogens with zero attached hydrogens (tertiary/aromatic N) is 3. The first-order valence-corrected chi connectivity index (χ1v) is 9.95. The van der Waals surface area contributed by atoms with Crippen LogP contribution in [0, 0.1) is 11.7 Å². The molecule has 3 rings (SSSR count). The average molecular weight is 387 g/mol. The molecule has 1 aromatic heterocycles. The predicted molar refractivity (Wildman–Crippen MR) is 108 cm³/mol. The van der Waals surface area contributed by atoms with Crippen molar-refractivity contribution in [1.29, 1.82) is 0 Å². The molecule has 0 N–H and O–H groups in total. The number of halogens is 1. The Hall–Kier alpha value is -2.18. The number of carbonyl (C=O) groups excluding carboxylic acids is 1. The Morgan fingerprint density at radius 1 is 1.25 bits per heavy atom. The van der Waals surface area contributed by atoms with E-state index in [1.807, 2.05) is 31.1 Å². The van der Waals surface area contributed by atoms with Crippen molar-refractivity contribution in [3.8, 4) is 0 Å². The number of carbonyl (C=O) groups is 1. The van der Waals surface area contributed by atoms with Gasteiger partial charge < -0.3 is 14.2 Å². The third-order valence-corrected chi connectivity index (χ3v) is 5.31. The summed E-state index contributed by atoms with van der Waals surface area (Å²) < 4.78 is 19.1. The molecule has 1 amide bonds. The smallest absolute Gasteiger partial charge is 0.257 e. The average Bonchev–Trinajstić information content (AvgIpc) is 3.21. The third kappa shape index (κ3) is 5.66. The lowest BCUT2D eigenvalue weighted by molar-refractivity contribution is 0.0659. The van der Waals surface area contributed by atoms with E-state index < -0.39 is 0 Å². The lowest BCUT2D eigenvalue weighted by Gasteiger charge is -2.36. The lowest BCUT2D eigenvalue weighted by atomic mass is 9.96. The Bertz CT molecular complexity index is 748.